The van der Waals surface area contributed by atoms with E-state index < -0.39 is 0 Å². The summed E-state index contributed by atoms with van der Waals surface area (Å²) in [6.45, 7) is 41.8. The second kappa shape index (κ2) is 49.4. The Balaban J connectivity index is 0.000000259. The van der Waals surface area contributed by atoms with E-state index in [2.05, 4.69) is 197 Å². The molecule has 0 aliphatic heterocycles. The summed E-state index contributed by atoms with van der Waals surface area (Å²) in [6.07, 6.45) is 14.0. The number of benzene rings is 11. The molecule has 2 aliphatic carbocycles. The normalized spacial score (nSPS) is 12.4. The van der Waals surface area contributed by atoms with Crippen molar-refractivity contribution in [3.05, 3.63) is 385 Å². The first-order chi connectivity index (χ1) is 51.6. The van der Waals surface area contributed by atoms with Crippen molar-refractivity contribution in [3.63, 3.8) is 0 Å². The molecule has 14 rings (SSSR count). The van der Waals surface area contributed by atoms with Gasteiger partial charge in [0.15, 0.2) is 17.3 Å². The molecule has 12 aromatic rings. The Bertz CT molecular complexity index is 4110. The summed E-state index contributed by atoms with van der Waals surface area (Å²) in [5, 5.41) is 2.75. The Hall–Kier alpha value is -10.4. The van der Waals surface area contributed by atoms with E-state index in [9.17, 15) is 14.4 Å². The monoisotopic (exact) mass is 1430 g/mol. The van der Waals surface area contributed by atoms with Crippen molar-refractivity contribution in [2.45, 2.75) is 190 Å². The van der Waals surface area contributed by atoms with Crippen LogP contribution in [0.15, 0.2) is 273 Å². The molecule has 560 valence electrons. The van der Waals surface area contributed by atoms with E-state index in [1.807, 2.05) is 183 Å². The maximum absolute atomic E-state index is 12.5. The zero-order chi connectivity index (χ0) is 78.6. The molecule has 107 heavy (non-hydrogen) atoms. The molecule has 1 heterocycles. The second-order valence-electron chi connectivity index (χ2n) is 27.3. The SMILES string of the molecule is CC.CC.CC1CCCCC1C.CCC.CCc1cccc(CC)c1.Cc1ccc(C(=O)c2ccc(C)cc2)cc1.Cc1ccc(C)c2c1C(=O)c1ccccc1C2=O.Cc1ccc(Cc2ccc(C)cc2)cc1.Cc1ccc(Oc2ccc(C)cc2)cc1.Cc1cccc2c(C)cccc12.c1ccncc1. The largest absolute Gasteiger partial charge is 0.457 e. The molecule has 0 amide bonds. The minimum Gasteiger partial charge on any atom is -0.457 e. The summed E-state index contributed by atoms with van der Waals surface area (Å²) in [5.41, 5.74) is 21.2. The Labute approximate surface area is 646 Å². The number of pyridine rings is 1. The Kier molecular flexibility index (Phi) is 41.1. The predicted molar refractivity (Wildman–Crippen MR) is 461 cm³/mol. The number of aromatic nitrogens is 1. The number of ketones is 3. The number of hydrogen-bond donors (Lipinski definition) is 0. The number of ether oxygens (including phenoxy) is 1. The van der Waals surface area contributed by atoms with Crippen molar-refractivity contribution < 1.29 is 19.1 Å². The molecule has 1 aromatic heterocycles. The lowest BCUT2D eigenvalue weighted by atomic mass is 9.80. The lowest BCUT2D eigenvalue weighted by Gasteiger charge is -2.24. The van der Waals surface area contributed by atoms with Crippen LogP contribution in [0.3, 0.4) is 0 Å². The maximum Gasteiger partial charge on any atom is 0.194 e. The fraction of sp³-hybridized carbons (Fsp3) is 0.294. The van der Waals surface area contributed by atoms with Crippen LogP contribution in [0.4, 0.5) is 0 Å². The molecule has 0 radical (unpaired) electrons. The van der Waals surface area contributed by atoms with E-state index in [1.54, 1.807) is 36.7 Å². The number of fused-ring (bicyclic) bond motifs is 3. The Morgan fingerprint density at radius 2 is 0.673 bits per heavy atom. The van der Waals surface area contributed by atoms with Gasteiger partial charge in [-0.1, -0.05) is 359 Å². The van der Waals surface area contributed by atoms with Crippen molar-refractivity contribution >= 4 is 28.1 Å². The van der Waals surface area contributed by atoms with Gasteiger partial charge in [0.25, 0.3) is 0 Å². The molecule has 5 heteroatoms. The maximum atomic E-state index is 12.5. The molecule has 0 N–H and O–H groups in total. The molecule has 0 spiro atoms. The van der Waals surface area contributed by atoms with Crippen molar-refractivity contribution in [1.82, 2.24) is 4.98 Å². The van der Waals surface area contributed by atoms with Gasteiger partial charge in [-0.25, -0.2) is 0 Å². The molecule has 2 atom stereocenters. The standard InChI is InChI=1S/C16H12O2.C15H14O.C15H16.C14H14O.C12H12.C10H14.C8H16.C5H5N.C3H8.2C2H6/c1-9-7-8-10(2)14-13(9)15(17)11-5-3-4-6-12(11)16(14)18;1-11-3-7-13(8-4-11)15(16)14-9-5-12(2)6-10-14;1-12-3-7-14(8-4-12)11-15-9-5-13(2)6-10-15;1-11-3-7-13(8-4-11)15-14-9-5-12(2)6-10-14;1-9-5-3-8-12-10(2)6-4-7-11(9)12;1-3-9-6-5-7-10(4-2)8-9;1-7-5-3-4-6-8(7)2;1-2-4-6-5-3-1;1-3-2;2*1-2/h3-8H,1-2H3;3-10H,1-2H3;3-10H,11H2,1-2H3;3-10H,1-2H3;3-8H,1-2H3;5-8H,3-4H2,1-2H3;7-8H,3-6H2,1-2H3;1-5H;3H2,1-2H3;2*1-2H3. The van der Waals surface area contributed by atoms with Gasteiger partial charge in [-0.15, -0.1) is 0 Å². The fourth-order valence-corrected chi connectivity index (χ4v) is 11.6. The zero-order valence-electron chi connectivity index (χ0n) is 68.4. The summed E-state index contributed by atoms with van der Waals surface area (Å²) >= 11 is 0. The van der Waals surface area contributed by atoms with Crippen molar-refractivity contribution in [2.24, 2.45) is 11.8 Å². The van der Waals surface area contributed by atoms with E-state index in [4.69, 9.17) is 4.74 Å². The highest BCUT2D eigenvalue weighted by Crippen LogP contribution is 2.32. The Morgan fingerprint density at radius 1 is 0.355 bits per heavy atom. The van der Waals surface area contributed by atoms with Crippen LogP contribution in [0.5, 0.6) is 11.5 Å². The van der Waals surface area contributed by atoms with Gasteiger partial charge in [0, 0.05) is 45.8 Å². The van der Waals surface area contributed by atoms with Gasteiger partial charge in [0.05, 0.1) is 0 Å². The zero-order valence-corrected chi connectivity index (χ0v) is 68.4. The smallest absolute Gasteiger partial charge is 0.194 e. The first kappa shape index (κ1) is 89.0. The third-order valence-electron chi connectivity index (χ3n) is 18.3. The summed E-state index contributed by atoms with van der Waals surface area (Å²) in [7, 11) is 0. The van der Waals surface area contributed by atoms with E-state index in [0.717, 1.165) is 64.9 Å². The minimum absolute atomic E-state index is 0.0404. The lowest BCUT2D eigenvalue weighted by molar-refractivity contribution is 0.0978. The first-order valence-electron chi connectivity index (χ1n) is 38.9. The number of carbonyl (C=O) groups is 3. The number of rotatable bonds is 8. The van der Waals surface area contributed by atoms with Gasteiger partial charge < -0.3 is 4.74 Å². The number of carbonyl (C=O) groups excluding carboxylic acids is 3. The topological polar surface area (TPSA) is 73.3 Å². The molecule has 11 aromatic carbocycles. The van der Waals surface area contributed by atoms with Crippen LogP contribution >= 0.6 is 0 Å². The molecule has 1 fully saturated rings. The average Bonchev–Trinajstić information content (AvgIpc) is 0.749. The van der Waals surface area contributed by atoms with Crippen LogP contribution in [-0.4, -0.2) is 22.3 Å². The summed E-state index contributed by atoms with van der Waals surface area (Å²) in [6, 6.07) is 87.1. The molecule has 2 aliphatic rings. The molecule has 0 saturated heterocycles. The number of nitrogens with zero attached hydrogens (tertiary/aromatic N) is 1. The van der Waals surface area contributed by atoms with Gasteiger partial charge in [0.1, 0.15) is 11.5 Å². The van der Waals surface area contributed by atoms with Crippen LogP contribution in [0.1, 0.15) is 227 Å². The van der Waals surface area contributed by atoms with E-state index in [-0.39, 0.29) is 17.3 Å². The second-order valence-corrected chi connectivity index (χ2v) is 27.3. The highest BCUT2D eigenvalue weighted by Gasteiger charge is 2.31. The van der Waals surface area contributed by atoms with E-state index >= 15 is 0 Å². The minimum atomic E-state index is -0.0404. The highest BCUT2D eigenvalue weighted by molar-refractivity contribution is 6.29. The number of hydrogen-bond acceptors (Lipinski definition) is 5. The summed E-state index contributed by atoms with van der Waals surface area (Å²) in [5.74, 6) is 3.77. The van der Waals surface area contributed by atoms with Crippen LogP contribution in [0, 0.1) is 81.1 Å². The van der Waals surface area contributed by atoms with Crippen LogP contribution in [0.25, 0.3) is 10.8 Å². The first-order valence-corrected chi connectivity index (χ1v) is 38.9. The molecule has 1 saturated carbocycles. The fourth-order valence-electron chi connectivity index (χ4n) is 11.6. The van der Waals surface area contributed by atoms with Gasteiger partial charge in [-0.2, -0.15) is 0 Å². The van der Waals surface area contributed by atoms with Gasteiger partial charge in [-0.3, -0.25) is 19.4 Å². The van der Waals surface area contributed by atoms with Crippen molar-refractivity contribution in [3.8, 4) is 11.5 Å². The van der Waals surface area contributed by atoms with Gasteiger partial charge >= 0.3 is 0 Å². The molecular formula is C102H123NO4. The number of aryl methyl sites for hydroxylation is 12. The third-order valence-corrected chi connectivity index (χ3v) is 18.3. The quantitative estimate of drug-likeness (QED) is 0.142. The lowest BCUT2D eigenvalue weighted by Crippen LogP contribution is -2.23. The van der Waals surface area contributed by atoms with Crippen LogP contribution in [-0.2, 0) is 19.3 Å². The van der Waals surface area contributed by atoms with Crippen molar-refractivity contribution in [2.75, 3.05) is 0 Å². The summed E-state index contributed by atoms with van der Waals surface area (Å²) in [4.78, 5) is 40.8. The molecule has 5 nitrogen and oxygen atoms in total. The average molecular weight is 1430 g/mol. The predicted octanol–water partition coefficient (Wildman–Crippen LogP) is 28.3. The van der Waals surface area contributed by atoms with Crippen molar-refractivity contribution in [1.29, 1.82) is 0 Å². The third kappa shape index (κ3) is 30.9. The molecule has 0 bridgehead atoms. The molecule has 2 unspecified atom stereocenters. The van der Waals surface area contributed by atoms with Crippen LogP contribution in [0.2, 0.25) is 0 Å². The highest BCUT2D eigenvalue weighted by atomic mass is 16.5. The van der Waals surface area contributed by atoms with Crippen LogP contribution < -0.4 is 4.74 Å². The Morgan fingerprint density at radius 3 is 0.972 bits per heavy atom. The van der Waals surface area contributed by atoms with Gasteiger partial charge in [0.2, 0.25) is 0 Å². The molecular weight excluding hydrogens is 1300 g/mol. The van der Waals surface area contributed by atoms with E-state index in [1.165, 1.54) is 110 Å². The van der Waals surface area contributed by atoms with E-state index in [0.29, 0.717) is 22.3 Å². The van der Waals surface area contributed by atoms with Gasteiger partial charge in [-0.05, 0) is 192 Å². The summed E-state index contributed by atoms with van der Waals surface area (Å²) < 4.78 is 5.69.